The van der Waals surface area contributed by atoms with Crippen LogP contribution in [0, 0.1) is 25.6 Å². The molecule has 0 atom stereocenters. The molecule has 4 bridgehead atoms. The molecule has 0 unspecified atom stereocenters. The zero-order valence-electron chi connectivity index (χ0n) is 15.2. The van der Waals surface area contributed by atoms with E-state index in [0.717, 1.165) is 21.1 Å². The van der Waals surface area contributed by atoms with E-state index in [1.54, 1.807) is 21.0 Å². The molecule has 1 aromatic rings. The van der Waals surface area contributed by atoms with Crippen molar-refractivity contribution in [1.82, 2.24) is 0 Å². The Morgan fingerprint density at radius 1 is 0.962 bits per heavy atom. The number of methoxy groups -OCH3 is 1. The van der Waals surface area contributed by atoms with Gasteiger partial charge >= 0.3 is 11.1 Å². The quantitative estimate of drug-likeness (QED) is 0.503. The average Bonchev–Trinajstić information content (AvgIpc) is 2.58. The van der Waals surface area contributed by atoms with Crippen LogP contribution < -0.4 is 14.5 Å². The van der Waals surface area contributed by atoms with Crippen LogP contribution in [0.5, 0.6) is 5.75 Å². The summed E-state index contributed by atoms with van der Waals surface area (Å²) in [7, 11) is 1.60. The van der Waals surface area contributed by atoms with Gasteiger partial charge in [-0.05, 0) is 38.1 Å². The smallest absolute Gasteiger partial charge is 0.329 e. The Labute approximate surface area is 150 Å². The van der Waals surface area contributed by atoms with Crippen LogP contribution in [0.25, 0.3) is 0 Å². The van der Waals surface area contributed by atoms with Crippen molar-refractivity contribution in [2.45, 2.75) is 31.1 Å². The van der Waals surface area contributed by atoms with Crippen molar-refractivity contribution in [1.29, 1.82) is 0 Å². The molecule has 26 heavy (non-hydrogen) atoms. The van der Waals surface area contributed by atoms with E-state index in [-0.39, 0.29) is 16.0 Å². The molecule has 9 heteroatoms. The lowest BCUT2D eigenvalue weighted by atomic mass is 9.53. The molecule has 140 valence electrons. The zero-order chi connectivity index (χ0) is 18.9. The van der Waals surface area contributed by atoms with Gasteiger partial charge in [0.25, 0.3) is 0 Å². The molecule has 4 aliphatic heterocycles. The molecule has 0 spiro atoms. The first-order valence-electron chi connectivity index (χ1n) is 8.81. The van der Waals surface area contributed by atoms with Crippen LogP contribution in [-0.2, 0) is 0 Å². The fourth-order valence-corrected chi connectivity index (χ4v) is 5.75. The van der Waals surface area contributed by atoms with Crippen molar-refractivity contribution in [3.8, 4) is 5.75 Å². The summed E-state index contributed by atoms with van der Waals surface area (Å²) in [5.41, 5.74) is -2.50. The summed E-state index contributed by atoms with van der Waals surface area (Å²) in [5.74, 6) is 0.747. The third-order valence-electron chi connectivity index (χ3n) is 7.37. The topological polar surface area (TPSA) is 104 Å². The Hall–Kier alpha value is -2.26. The monoisotopic (exact) mass is 364 g/mol. The van der Waals surface area contributed by atoms with E-state index in [9.17, 15) is 20.2 Å². The Morgan fingerprint density at radius 3 is 1.73 bits per heavy atom. The number of nitrogens with zero attached hydrogens (tertiary/aromatic N) is 2. The van der Waals surface area contributed by atoms with Crippen LogP contribution in [0.4, 0.5) is 0 Å². The standard InChI is InChI=1S/C17H22N4O5/c1-15(2)16(20(22)23)8-18-10-17(15,21(24)25)11-19(9-16)14(18)12-4-6-13(26-3)7-5-12/h4-7,14H,8-11H2,1-3H3/p+2. The molecule has 0 amide bonds. The minimum atomic E-state index is -1.27. The maximum absolute atomic E-state index is 12.1. The van der Waals surface area contributed by atoms with Gasteiger partial charge in [-0.2, -0.15) is 0 Å². The summed E-state index contributed by atoms with van der Waals surface area (Å²) in [4.78, 5) is 25.6. The van der Waals surface area contributed by atoms with E-state index in [1.165, 1.54) is 0 Å². The number of nitrogens with one attached hydrogen (secondary N) is 2. The number of piperidine rings is 2. The van der Waals surface area contributed by atoms with E-state index < -0.39 is 16.5 Å². The summed E-state index contributed by atoms with van der Waals surface area (Å²) in [6.45, 7) is 4.73. The fraction of sp³-hybridized carbons (Fsp3) is 0.647. The Balaban J connectivity index is 1.80. The van der Waals surface area contributed by atoms with Crippen molar-refractivity contribution in [3.63, 3.8) is 0 Å². The first-order valence-corrected chi connectivity index (χ1v) is 8.81. The molecular weight excluding hydrogens is 340 g/mol. The van der Waals surface area contributed by atoms with Crippen LogP contribution in [0.2, 0.25) is 0 Å². The van der Waals surface area contributed by atoms with Gasteiger partial charge in [0, 0.05) is 9.85 Å². The van der Waals surface area contributed by atoms with Gasteiger partial charge in [0.15, 0.2) is 26.2 Å². The van der Waals surface area contributed by atoms with E-state index in [2.05, 4.69) is 0 Å². The van der Waals surface area contributed by atoms with Crippen LogP contribution in [0.1, 0.15) is 25.6 Å². The number of rotatable bonds is 4. The normalized spacial score (nSPS) is 39.6. The molecule has 2 N–H and O–H groups in total. The zero-order valence-corrected chi connectivity index (χ0v) is 15.2. The molecular formula is C17H24N4O5+2. The second kappa shape index (κ2) is 5.14. The molecule has 4 heterocycles. The predicted octanol–water partition coefficient (Wildman–Crippen LogP) is -1.44. The van der Waals surface area contributed by atoms with Gasteiger partial charge in [-0.15, -0.1) is 0 Å². The van der Waals surface area contributed by atoms with Gasteiger partial charge < -0.3 is 4.74 Å². The summed E-state index contributed by atoms with van der Waals surface area (Å²) in [5, 5.41) is 24.2. The highest BCUT2D eigenvalue weighted by molar-refractivity contribution is 5.28. The maximum Gasteiger partial charge on any atom is 0.329 e. The van der Waals surface area contributed by atoms with Crippen molar-refractivity contribution >= 4 is 0 Å². The molecule has 4 aliphatic rings. The first kappa shape index (κ1) is 17.2. The maximum atomic E-state index is 12.1. The van der Waals surface area contributed by atoms with Crippen molar-refractivity contribution < 1.29 is 24.4 Å². The van der Waals surface area contributed by atoms with Gasteiger partial charge in [-0.25, -0.2) is 0 Å². The summed E-state index contributed by atoms with van der Waals surface area (Å²) < 4.78 is 5.20. The van der Waals surface area contributed by atoms with Gasteiger partial charge in [-0.3, -0.25) is 30.0 Å². The van der Waals surface area contributed by atoms with Crippen molar-refractivity contribution in [2.75, 3.05) is 33.3 Å². The van der Waals surface area contributed by atoms with Gasteiger partial charge in [0.1, 0.15) is 11.2 Å². The highest BCUT2D eigenvalue weighted by Crippen LogP contribution is 2.48. The Kier molecular flexibility index (Phi) is 3.39. The fourth-order valence-electron chi connectivity index (χ4n) is 5.75. The Morgan fingerprint density at radius 2 is 1.38 bits per heavy atom. The Bertz CT molecular complexity index is 726. The number of ether oxygens (including phenoxy) is 1. The third kappa shape index (κ3) is 1.82. The number of nitro groups is 2. The van der Waals surface area contributed by atoms with Crippen molar-refractivity contribution in [3.05, 3.63) is 50.1 Å². The lowest BCUT2D eigenvalue weighted by Crippen LogP contribution is -3.43. The van der Waals surface area contributed by atoms with Gasteiger partial charge in [0.2, 0.25) is 6.17 Å². The largest absolute Gasteiger partial charge is 0.497 e. The second-order valence-corrected chi connectivity index (χ2v) is 8.43. The van der Waals surface area contributed by atoms with Crippen LogP contribution in [0.15, 0.2) is 24.3 Å². The summed E-state index contributed by atoms with van der Waals surface area (Å²) in [6.07, 6.45) is -0.0156. The molecule has 1 aromatic carbocycles. The number of hydrogen-bond donors (Lipinski definition) is 2. The SMILES string of the molecule is COc1ccc(C2[NH+]3CC4([N+](=O)[O-])C[NH+]2CC([N+](=O)[O-])(C3)C4(C)C)cc1. The molecule has 0 radical (unpaired) electrons. The van der Waals surface area contributed by atoms with Crippen molar-refractivity contribution in [2.24, 2.45) is 5.41 Å². The van der Waals surface area contributed by atoms with Crippen LogP contribution in [0.3, 0.4) is 0 Å². The van der Waals surface area contributed by atoms with Crippen LogP contribution in [-0.4, -0.2) is 54.2 Å². The van der Waals surface area contributed by atoms with Gasteiger partial charge in [0.05, 0.1) is 12.7 Å². The number of hydrogen-bond acceptors (Lipinski definition) is 5. The first-order chi connectivity index (χ1) is 12.2. The number of quaternary nitrogens is 2. The molecule has 9 nitrogen and oxygen atoms in total. The molecule has 4 fully saturated rings. The highest BCUT2D eigenvalue weighted by Gasteiger charge is 2.87. The minimum absolute atomic E-state index is 0.0156. The van der Waals surface area contributed by atoms with Crippen LogP contribution >= 0.6 is 0 Å². The molecule has 0 aliphatic carbocycles. The lowest BCUT2D eigenvalue weighted by Gasteiger charge is -2.60. The minimum Gasteiger partial charge on any atom is -0.497 e. The summed E-state index contributed by atoms with van der Waals surface area (Å²) in [6, 6.07) is 7.68. The highest BCUT2D eigenvalue weighted by atomic mass is 16.6. The molecule has 0 aromatic heterocycles. The predicted molar refractivity (Wildman–Crippen MR) is 90.4 cm³/mol. The lowest BCUT2D eigenvalue weighted by molar-refractivity contribution is -1.20. The van der Waals surface area contributed by atoms with E-state index in [0.29, 0.717) is 26.2 Å². The van der Waals surface area contributed by atoms with Gasteiger partial charge in [-0.1, -0.05) is 0 Å². The molecule has 5 rings (SSSR count). The third-order valence-corrected chi connectivity index (χ3v) is 7.37. The average molecular weight is 364 g/mol. The summed E-state index contributed by atoms with van der Waals surface area (Å²) >= 11 is 0. The molecule has 4 saturated heterocycles. The second-order valence-electron chi connectivity index (χ2n) is 8.43. The van der Waals surface area contributed by atoms with E-state index in [1.807, 2.05) is 24.3 Å². The number of benzene rings is 1. The molecule has 0 saturated carbocycles. The van der Waals surface area contributed by atoms with E-state index >= 15 is 0 Å². The van der Waals surface area contributed by atoms with E-state index in [4.69, 9.17) is 4.74 Å².